The van der Waals surface area contributed by atoms with Crippen LogP contribution in [0.2, 0.25) is 0 Å². The van der Waals surface area contributed by atoms with Crippen molar-refractivity contribution in [2.75, 3.05) is 31.9 Å². The van der Waals surface area contributed by atoms with E-state index in [1.165, 1.54) is 32.1 Å². The fourth-order valence-electron chi connectivity index (χ4n) is 5.32. The fourth-order valence-corrected chi connectivity index (χ4v) is 5.32. The lowest BCUT2D eigenvalue weighted by Gasteiger charge is -2.25. The quantitative estimate of drug-likeness (QED) is 0.712. The molecule has 1 aliphatic carbocycles. The molecule has 3 aliphatic heterocycles. The van der Waals surface area contributed by atoms with E-state index in [-0.39, 0.29) is 31.1 Å². The van der Waals surface area contributed by atoms with Crippen LogP contribution in [-0.4, -0.2) is 60.8 Å². The third-order valence-corrected chi connectivity index (χ3v) is 7.09. The first-order valence-corrected chi connectivity index (χ1v) is 11.8. The molecule has 1 aromatic carbocycles. The Bertz CT molecular complexity index is 951. The van der Waals surface area contributed by atoms with Crippen molar-refractivity contribution in [3.8, 4) is 22.8 Å². The molecule has 0 unspecified atom stereocenters. The standard InChI is InChI=1S/C24H30N4O4/c1-2-4-15(5-3-1)11-26-18-12-29-23-19(13-30-22(18)23)28-24-25-9-8-17(27-24)16-6-7-20-21(10-16)32-14-31-20/h6-10,15,18-19,22-23,26H,1-5,11-14H2,(H,25,27,28)/t18-,19-,22+,23+/m0/s1. The first kappa shape index (κ1) is 20.2. The Morgan fingerprint density at radius 3 is 2.62 bits per heavy atom. The molecule has 8 nitrogen and oxygen atoms in total. The van der Waals surface area contributed by atoms with Gasteiger partial charge in [-0.2, -0.15) is 0 Å². The number of ether oxygens (including phenoxy) is 4. The van der Waals surface area contributed by atoms with Crippen molar-refractivity contribution >= 4 is 5.95 Å². The summed E-state index contributed by atoms with van der Waals surface area (Å²) in [6.45, 7) is 2.61. The molecule has 3 fully saturated rings. The van der Waals surface area contributed by atoms with Crippen LogP contribution in [0.3, 0.4) is 0 Å². The SMILES string of the molecule is c1cc(-c2ccc3c(c2)OCO3)nc(N[C@H]2CO[C@H]3[C@@H]2OC[C@@H]3NCC2CCCCC2)n1. The minimum atomic E-state index is 0.0108. The Morgan fingerprint density at radius 2 is 1.72 bits per heavy atom. The maximum absolute atomic E-state index is 6.14. The molecule has 1 saturated carbocycles. The van der Waals surface area contributed by atoms with Crippen LogP contribution in [0.4, 0.5) is 5.95 Å². The average Bonchev–Trinajstić information content (AvgIpc) is 3.56. The maximum atomic E-state index is 6.14. The molecular weight excluding hydrogens is 408 g/mol. The molecule has 8 heteroatoms. The molecule has 2 aromatic rings. The Morgan fingerprint density at radius 1 is 0.906 bits per heavy atom. The van der Waals surface area contributed by atoms with Gasteiger partial charge < -0.3 is 29.6 Å². The van der Waals surface area contributed by atoms with Crippen LogP contribution in [0.25, 0.3) is 11.3 Å². The third-order valence-electron chi connectivity index (χ3n) is 7.09. The van der Waals surface area contributed by atoms with Crippen molar-refractivity contribution in [3.63, 3.8) is 0 Å². The van der Waals surface area contributed by atoms with Crippen LogP contribution in [0.5, 0.6) is 11.5 Å². The second-order valence-electron chi connectivity index (χ2n) is 9.20. The molecule has 4 atom stereocenters. The molecule has 0 amide bonds. The summed E-state index contributed by atoms with van der Waals surface area (Å²) in [7, 11) is 0. The zero-order valence-electron chi connectivity index (χ0n) is 18.2. The highest BCUT2D eigenvalue weighted by Crippen LogP contribution is 2.36. The minimum Gasteiger partial charge on any atom is -0.454 e. The van der Waals surface area contributed by atoms with Crippen LogP contribution in [-0.2, 0) is 9.47 Å². The van der Waals surface area contributed by atoms with E-state index in [0.29, 0.717) is 19.2 Å². The lowest BCUT2D eigenvalue weighted by molar-refractivity contribution is 0.0671. The third kappa shape index (κ3) is 4.02. The molecule has 4 heterocycles. The summed E-state index contributed by atoms with van der Waals surface area (Å²) in [5, 5.41) is 7.17. The number of fused-ring (bicyclic) bond motifs is 2. The van der Waals surface area contributed by atoms with Crippen molar-refractivity contribution in [3.05, 3.63) is 30.5 Å². The molecule has 0 bridgehead atoms. The number of aromatic nitrogens is 2. The van der Waals surface area contributed by atoms with E-state index >= 15 is 0 Å². The van der Waals surface area contributed by atoms with Gasteiger partial charge in [-0.25, -0.2) is 9.97 Å². The molecule has 2 N–H and O–H groups in total. The van der Waals surface area contributed by atoms with E-state index in [0.717, 1.165) is 35.2 Å². The van der Waals surface area contributed by atoms with Gasteiger partial charge in [-0.05, 0) is 49.6 Å². The number of nitrogens with zero attached hydrogens (tertiary/aromatic N) is 2. The topological polar surface area (TPSA) is 86.8 Å². The van der Waals surface area contributed by atoms with E-state index < -0.39 is 0 Å². The molecule has 32 heavy (non-hydrogen) atoms. The lowest BCUT2D eigenvalue weighted by atomic mass is 9.89. The Hall–Kier alpha value is -2.42. The van der Waals surface area contributed by atoms with Crippen LogP contribution in [0.15, 0.2) is 30.5 Å². The van der Waals surface area contributed by atoms with Crippen molar-refractivity contribution in [2.45, 2.75) is 56.4 Å². The molecule has 4 aliphatic rings. The smallest absolute Gasteiger partial charge is 0.231 e. The van der Waals surface area contributed by atoms with Gasteiger partial charge in [0.05, 0.1) is 31.0 Å². The predicted octanol–water partition coefficient (Wildman–Crippen LogP) is 2.99. The van der Waals surface area contributed by atoms with Gasteiger partial charge in [0.15, 0.2) is 11.5 Å². The lowest BCUT2D eigenvalue weighted by Crippen LogP contribution is -2.44. The van der Waals surface area contributed by atoms with Crippen molar-refractivity contribution < 1.29 is 18.9 Å². The summed E-state index contributed by atoms with van der Waals surface area (Å²) >= 11 is 0. The Labute approximate surface area is 188 Å². The number of benzene rings is 1. The minimum absolute atomic E-state index is 0.0108. The van der Waals surface area contributed by atoms with Crippen LogP contribution in [0, 0.1) is 5.92 Å². The zero-order chi connectivity index (χ0) is 21.3. The first-order valence-electron chi connectivity index (χ1n) is 11.8. The molecule has 0 radical (unpaired) electrons. The van der Waals surface area contributed by atoms with Gasteiger partial charge in [0.2, 0.25) is 12.7 Å². The van der Waals surface area contributed by atoms with Crippen molar-refractivity contribution in [2.24, 2.45) is 5.92 Å². The van der Waals surface area contributed by atoms with Crippen LogP contribution >= 0.6 is 0 Å². The van der Waals surface area contributed by atoms with E-state index in [1.807, 2.05) is 24.3 Å². The largest absolute Gasteiger partial charge is 0.454 e. The number of nitrogens with one attached hydrogen (secondary N) is 2. The number of rotatable bonds is 6. The predicted molar refractivity (Wildman–Crippen MR) is 119 cm³/mol. The van der Waals surface area contributed by atoms with Gasteiger partial charge in [0.25, 0.3) is 0 Å². The van der Waals surface area contributed by atoms with Crippen molar-refractivity contribution in [1.82, 2.24) is 15.3 Å². The summed E-state index contributed by atoms with van der Waals surface area (Å²) in [6, 6.07) is 8.04. The molecular formula is C24H30N4O4. The number of hydrogen-bond donors (Lipinski definition) is 2. The Kier molecular flexibility index (Phi) is 5.58. The highest BCUT2D eigenvalue weighted by molar-refractivity contribution is 5.65. The highest BCUT2D eigenvalue weighted by atomic mass is 16.7. The molecule has 6 rings (SSSR count). The van der Waals surface area contributed by atoms with Crippen LogP contribution in [0.1, 0.15) is 32.1 Å². The monoisotopic (exact) mass is 438 g/mol. The Balaban J connectivity index is 1.09. The van der Waals surface area contributed by atoms with E-state index in [4.69, 9.17) is 23.9 Å². The fraction of sp³-hybridized carbons (Fsp3) is 0.583. The number of hydrogen-bond acceptors (Lipinski definition) is 8. The molecule has 2 saturated heterocycles. The van der Waals surface area contributed by atoms with Gasteiger partial charge in [-0.3, -0.25) is 0 Å². The second-order valence-corrected chi connectivity index (χ2v) is 9.20. The molecule has 0 spiro atoms. The molecule has 170 valence electrons. The summed E-state index contributed by atoms with van der Waals surface area (Å²) < 4.78 is 23.2. The van der Waals surface area contributed by atoms with E-state index in [2.05, 4.69) is 15.6 Å². The van der Waals surface area contributed by atoms with Gasteiger partial charge in [-0.1, -0.05) is 19.3 Å². The van der Waals surface area contributed by atoms with Crippen LogP contribution < -0.4 is 20.1 Å². The number of anilines is 1. The summed E-state index contributed by atoms with van der Waals surface area (Å²) in [6.07, 6.45) is 8.67. The van der Waals surface area contributed by atoms with E-state index in [1.54, 1.807) is 6.20 Å². The normalized spacial score (nSPS) is 29.2. The zero-order valence-corrected chi connectivity index (χ0v) is 18.2. The van der Waals surface area contributed by atoms with Gasteiger partial charge >= 0.3 is 0 Å². The highest BCUT2D eigenvalue weighted by Gasteiger charge is 2.47. The summed E-state index contributed by atoms with van der Waals surface area (Å²) in [4.78, 5) is 9.14. The molecule has 1 aromatic heterocycles. The van der Waals surface area contributed by atoms with Crippen molar-refractivity contribution in [1.29, 1.82) is 0 Å². The van der Waals surface area contributed by atoms with Gasteiger partial charge in [0, 0.05) is 11.8 Å². The second kappa shape index (κ2) is 8.84. The maximum Gasteiger partial charge on any atom is 0.231 e. The van der Waals surface area contributed by atoms with Gasteiger partial charge in [0.1, 0.15) is 12.2 Å². The first-order chi connectivity index (χ1) is 15.8. The van der Waals surface area contributed by atoms with E-state index in [9.17, 15) is 0 Å². The van der Waals surface area contributed by atoms with Gasteiger partial charge in [-0.15, -0.1) is 0 Å². The summed E-state index contributed by atoms with van der Waals surface area (Å²) in [5.41, 5.74) is 1.79. The summed E-state index contributed by atoms with van der Waals surface area (Å²) in [5.74, 6) is 2.89. The average molecular weight is 439 g/mol.